The number of carbonyl (C=O) groups is 1. The highest BCUT2D eigenvalue weighted by Gasteiger charge is 2.31. The summed E-state index contributed by atoms with van der Waals surface area (Å²) in [5, 5.41) is 2.84. The molecule has 0 unspecified atom stereocenters. The molecule has 1 aromatic heterocycles. The quantitative estimate of drug-likeness (QED) is 0.556. The van der Waals surface area contributed by atoms with Crippen LogP contribution in [0.4, 0.5) is 5.69 Å². The fraction of sp³-hybridized carbons (Fsp3) is 0.421. The number of anilines is 1. The minimum absolute atomic E-state index is 0.325. The van der Waals surface area contributed by atoms with Crippen molar-refractivity contribution >= 4 is 33.4 Å². The van der Waals surface area contributed by atoms with Crippen molar-refractivity contribution in [1.82, 2.24) is 5.32 Å². The van der Waals surface area contributed by atoms with E-state index in [1.165, 1.54) is 7.11 Å². The van der Waals surface area contributed by atoms with Crippen LogP contribution >= 0.6 is 11.8 Å². The van der Waals surface area contributed by atoms with Crippen molar-refractivity contribution in [3.63, 3.8) is 0 Å². The van der Waals surface area contributed by atoms with Crippen LogP contribution in [-0.4, -0.2) is 46.0 Å². The van der Waals surface area contributed by atoms with Crippen molar-refractivity contribution in [1.29, 1.82) is 0 Å². The Bertz CT molecular complexity index is 853. The summed E-state index contributed by atoms with van der Waals surface area (Å²) in [6.45, 7) is 2.23. The molecular weight excluding hydrogens is 400 g/mol. The number of thioether (sulfide) groups is 1. The molecule has 0 aliphatic carbocycles. The van der Waals surface area contributed by atoms with Gasteiger partial charge < -0.3 is 14.5 Å². The Kier molecular flexibility index (Phi) is 8.25. The van der Waals surface area contributed by atoms with E-state index in [-0.39, 0.29) is 5.91 Å². The lowest BCUT2D eigenvalue weighted by Gasteiger charge is -2.30. The van der Waals surface area contributed by atoms with Gasteiger partial charge in [0.1, 0.15) is 17.6 Å². The highest BCUT2D eigenvalue weighted by Crippen LogP contribution is 2.26. The van der Waals surface area contributed by atoms with E-state index in [9.17, 15) is 13.2 Å². The smallest absolute Gasteiger partial charge is 0.243 e. The molecule has 0 spiro atoms. The third-order valence-corrected chi connectivity index (χ3v) is 6.17. The van der Waals surface area contributed by atoms with Gasteiger partial charge in [-0.05, 0) is 30.7 Å². The van der Waals surface area contributed by atoms with Gasteiger partial charge in [0.15, 0.2) is 0 Å². The lowest BCUT2D eigenvalue weighted by Crippen LogP contribution is -2.49. The molecule has 0 saturated carbocycles. The van der Waals surface area contributed by atoms with Crippen LogP contribution < -0.4 is 14.4 Å². The fourth-order valence-corrected chi connectivity index (χ4v) is 4.70. The minimum atomic E-state index is -3.66. The molecule has 0 aliphatic rings. The summed E-state index contributed by atoms with van der Waals surface area (Å²) in [4.78, 5) is 12.7. The predicted molar refractivity (Wildman–Crippen MR) is 112 cm³/mol. The number of benzene rings is 1. The summed E-state index contributed by atoms with van der Waals surface area (Å²) in [5.41, 5.74) is 0.399. The standard InChI is InChI=1S/C19H26N2O5S2/c1-4-18(19(22)20-10-12-27-14-17-9-6-11-26-17)21(28(3,23)24)15-7-5-8-16(13-15)25-2/h5-9,11,13,18H,4,10,12,14H2,1-3H3,(H,20,22)/t18-/m1/s1. The Morgan fingerprint density at radius 3 is 2.71 bits per heavy atom. The molecule has 9 heteroatoms. The number of amides is 1. The van der Waals surface area contributed by atoms with Gasteiger partial charge in [0.2, 0.25) is 15.9 Å². The number of nitrogens with one attached hydrogen (secondary N) is 1. The predicted octanol–water partition coefficient (Wildman–Crippen LogP) is 2.88. The zero-order chi connectivity index (χ0) is 20.6. The normalized spacial score (nSPS) is 12.4. The summed E-state index contributed by atoms with van der Waals surface area (Å²) in [7, 11) is -2.16. The Morgan fingerprint density at radius 1 is 1.32 bits per heavy atom. The third-order valence-electron chi connectivity index (χ3n) is 4.01. The number of methoxy groups -OCH3 is 1. The molecule has 1 atom stereocenters. The monoisotopic (exact) mass is 426 g/mol. The van der Waals surface area contributed by atoms with E-state index in [2.05, 4.69) is 5.32 Å². The molecule has 7 nitrogen and oxygen atoms in total. The number of carbonyl (C=O) groups excluding carboxylic acids is 1. The Labute approximate surface area is 170 Å². The SMILES string of the molecule is CC[C@H](C(=O)NCCSCc1ccco1)N(c1cccc(OC)c1)S(C)(=O)=O. The van der Waals surface area contributed by atoms with Gasteiger partial charge in [-0.1, -0.05) is 13.0 Å². The van der Waals surface area contributed by atoms with Crippen LogP contribution in [0.15, 0.2) is 47.1 Å². The van der Waals surface area contributed by atoms with Crippen molar-refractivity contribution < 1.29 is 22.4 Å². The van der Waals surface area contributed by atoms with Gasteiger partial charge in [-0.3, -0.25) is 9.10 Å². The van der Waals surface area contributed by atoms with Crippen LogP contribution in [0.2, 0.25) is 0 Å². The van der Waals surface area contributed by atoms with Crippen LogP contribution in [0.5, 0.6) is 5.75 Å². The van der Waals surface area contributed by atoms with E-state index >= 15 is 0 Å². The zero-order valence-electron chi connectivity index (χ0n) is 16.3. The topological polar surface area (TPSA) is 88.8 Å². The first-order chi connectivity index (χ1) is 13.4. The fourth-order valence-electron chi connectivity index (χ4n) is 2.74. The number of hydrogen-bond donors (Lipinski definition) is 1. The maximum atomic E-state index is 12.7. The van der Waals surface area contributed by atoms with Crippen molar-refractivity contribution in [3.8, 4) is 5.75 Å². The van der Waals surface area contributed by atoms with Gasteiger partial charge in [0, 0.05) is 18.4 Å². The number of furan rings is 1. The maximum absolute atomic E-state index is 12.7. The van der Waals surface area contributed by atoms with Gasteiger partial charge in [0.25, 0.3) is 0 Å². The molecule has 0 bridgehead atoms. The van der Waals surface area contributed by atoms with Gasteiger partial charge in [-0.15, -0.1) is 0 Å². The third kappa shape index (κ3) is 6.20. The van der Waals surface area contributed by atoms with Gasteiger partial charge in [-0.2, -0.15) is 11.8 Å². The maximum Gasteiger partial charge on any atom is 0.243 e. The molecule has 1 heterocycles. The number of sulfonamides is 1. The molecule has 1 amide bonds. The second-order valence-electron chi connectivity index (χ2n) is 6.11. The lowest BCUT2D eigenvalue weighted by atomic mass is 10.2. The Hall–Kier alpha value is -2.13. The van der Waals surface area contributed by atoms with Crippen molar-refractivity contribution in [2.45, 2.75) is 25.1 Å². The molecular formula is C19H26N2O5S2. The van der Waals surface area contributed by atoms with Gasteiger partial charge >= 0.3 is 0 Å². The Morgan fingerprint density at radius 2 is 2.11 bits per heavy atom. The molecule has 0 radical (unpaired) electrons. The van der Waals surface area contributed by atoms with Gasteiger partial charge in [0.05, 0.1) is 31.1 Å². The average Bonchev–Trinajstić information content (AvgIpc) is 3.18. The number of ether oxygens (including phenoxy) is 1. The largest absolute Gasteiger partial charge is 0.497 e. The van der Waals surface area contributed by atoms with Crippen LogP contribution in [-0.2, 0) is 20.6 Å². The lowest BCUT2D eigenvalue weighted by molar-refractivity contribution is -0.122. The van der Waals surface area contributed by atoms with Crippen LogP contribution in [0.1, 0.15) is 19.1 Å². The number of nitrogens with zero attached hydrogens (tertiary/aromatic N) is 1. The van der Waals surface area contributed by atoms with Crippen LogP contribution in [0.25, 0.3) is 0 Å². The van der Waals surface area contributed by atoms with Crippen molar-refractivity contribution in [2.24, 2.45) is 0 Å². The minimum Gasteiger partial charge on any atom is -0.497 e. The molecule has 2 rings (SSSR count). The van der Waals surface area contributed by atoms with Crippen LogP contribution in [0, 0.1) is 0 Å². The van der Waals surface area contributed by atoms with E-state index in [1.54, 1.807) is 49.2 Å². The van der Waals surface area contributed by atoms with Crippen molar-refractivity contribution in [3.05, 3.63) is 48.4 Å². The van der Waals surface area contributed by atoms with Gasteiger partial charge in [-0.25, -0.2) is 8.42 Å². The van der Waals surface area contributed by atoms with E-state index in [0.29, 0.717) is 30.2 Å². The molecule has 2 aromatic rings. The first-order valence-corrected chi connectivity index (χ1v) is 11.9. The first kappa shape index (κ1) is 22.2. The number of hydrogen-bond acceptors (Lipinski definition) is 6. The molecule has 1 N–H and O–H groups in total. The molecule has 0 saturated heterocycles. The molecule has 154 valence electrons. The average molecular weight is 427 g/mol. The van der Waals surface area contributed by atoms with E-state index in [1.807, 2.05) is 12.1 Å². The van der Waals surface area contributed by atoms with E-state index < -0.39 is 16.1 Å². The summed E-state index contributed by atoms with van der Waals surface area (Å²) in [5.74, 6) is 2.49. The molecule has 1 aromatic carbocycles. The van der Waals surface area contributed by atoms with E-state index in [4.69, 9.17) is 9.15 Å². The van der Waals surface area contributed by atoms with E-state index in [0.717, 1.165) is 22.1 Å². The zero-order valence-corrected chi connectivity index (χ0v) is 17.9. The molecule has 0 aliphatic heterocycles. The second kappa shape index (κ2) is 10.4. The molecule has 0 fully saturated rings. The summed E-state index contributed by atoms with van der Waals surface area (Å²) in [6.07, 6.45) is 3.07. The van der Waals surface area contributed by atoms with Crippen LogP contribution in [0.3, 0.4) is 0 Å². The first-order valence-electron chi connectivity index (χ1n) is 8.88. The molecule has 28 heavy (non-hydrogen) atoms. The highest BCUT2D eigenvalue weighted by molar-refractivity contribution is 7.98. The summed E-state index contributed by atoms with van der Waals surface area (Å²) < 4.78 is 36.5. The second-order valence-corrected chi connectivity index (χ2v) is 9.07. The number of rotatable bonds is 11. The summed E-state index contributed by atoms with van der Waals surface area (Å²) in [6, 6.07) is 9.58. The Balaban J connectivity index is 2.02. The van der Waals surface area contributed by atoms with Crippen molar-refractivity contribution in [2.75, 3.05) is 30.0 Å². The summed E-state index contributed by atoms with van der Waals surface area (Å²) >= 11 is 1.63. The highest BCUT2D eigenvalue weighted by atomic mass is 32.2.